The summed E-state index contributed by atoms with van der Waals surface area (Å²) in [4.78, 5) is 13.9. The first-order chi connectivity index (χ1) is 34.2. The second-order valence-corrected chi connectivity index (χ2v) is 18.8. The van der Waals surface area contributed by atoms with Crippen LogP contribution in [0.2, 0.25) is 0 Å². The van der Waals surface area contributed by atoms with Crippen molar-refractivity contribution in [3.63, 3.8) is 0 Å². The van der Waals surface area contributed by atoms with Crippen LogP contribution in [0, 0.1) is 17.9 Å². The van der Waals surface area contributed by atoms with E-state index in [-0.39, 0.29) is 5.41 Å². The minimum Gasteiger partial charge on any atom is -0.309 e. The summed E-state index contributed by atoms with van der Waals surface area (Å²) in [6, 6.07) is 76.2. The lowest BCUT2D eigenvalue weighted by Gasteiger charge is -2.19. The maximum atomic E-state index is 9.47. The predicted molar refractivity (Wildman–Crippen MR) is 288 cm³/mol. The SMILES string of the molecule is [C-]#[N+]c1ccc(-c2cc(-c3cccc(-c4ccc(-n5c6ccccc6c6c5cc(-c5ccccc5)c5c7ccccc7n(-c7ccc(C(C)(C)C)cc7)c56)cc4)n3)cc(-c3ccc(C#N)cc3)n2)cc1. The molecule has 6 heteroatoms. The third-order valence-electron chi connectivity index (χ3n) is 13.5. The Kier molecular flexibility index (Phi) is 10.1. The van der Waals surface area contributed by atoms with Crippen LogP contribution in [0.5, 0.6) is 0 Å². The van der Waals surface area contributed by atoms with Crippen LogP contribution in [-0.2, 0) is 5.41 Å². The van der Waals surface area contributed by atoms with Crippen molar-refractivity contribution >= 4 is 49.3 Å². The van der Waals surface area contributed by atoms with Gasteiger partial charge >= 0.3 is 0 Å². The van der Waals surface area contributed by atoms with E-state index in [4.69, 9.17) is 16.5 Å². The summed E-state index contributed by atoms with van der Waals surface area (Å²) in [6.45, 7) is 14.3. The Morgan fingerprint density at radius 2 is 0.971 bits per heavy atom. The Labute approximate surface area is 406 Å². The van der Waals surface area contributed by atoms with E-state index in [2.05, 4.69) is 199 Å². The van der Waals surface area contributed by atoms with E-state index in [0.29, 0.717) is 11.3 Å². The molecule has 0 unspecified atom stereocenters. The number of aromatic nitrogens is 4. The maximum Gasteiger partial charge on any atom is 0.187 e. The lowest BCUT2D eigenvalue weighted by atomic mass is 9.87. The number of hydrogen-bond donors (Lipinski definition) is 0. The van der Waals surface area contributed by atoms with Gasteiger partial charge < -0.3 is 9.13 Å². The highest BCUT2D eigenvalue weighted by Crippen LogP contribution is 2.47. The van der Waals surface area contributed by atoms with Crippen molar-refractivity contribution in [2.75, 3.05) is 0 Å². The van der Waals surface area contributed by atoms with Crippen molar-refractivity contribution in [3.8, 4) is 73.6 Å². The fourth-order valence-electron chi connectivity index (χ4n) is 10.0. The third-order valence-corrected chi connectivity index (χ3v) is 13.5. The van der Waals surface area contributed by atoms with Gasteiger partial charge in [-0.25, -0.2) is 14.8 Å². The van der Waals surface area contributed by atoms with Gasteiger partial charge in [-0.2, -0.15) is 5.26 Å². The van der Waals surface area contributed by atoms with Gasteiger partial charge in [0.25, 0.3) is 0 Å². The molecule has 12 aromatic rings. The fraction of sp³-hybridized carbons (Fsp3) is 0.0625. The van der Waals surface area contributed by atoms with Crippen LogP contribution in [0.3, 0.4) is 0 Å². The molecule has 0 atom stereocenters. The van der Waals surface area contributed by atoms with Gasteiger partial charge in [-0.1, -0.05) is 154 Å². The Balaban J connectivity index is 1.02. The van der Waals surface area contributed by atoms with Gasteiger partial charge in [0.15, 0.2) is 5.69 Å². The van der Waals surface area contributed by atoms with E-state index >= 15 is 0 Å². The van der Waals surface area contributed by atoms with Gasteiger partial charge in [0, 0.05) is 49.6 Å². The summed E-state index contributed by atoms with van der Waals surface area (Å²) >= 11 is 0. The monoisotopic (exact) mass is 896 g/mol. The largest absolute Gasteiger partial charge is 0.309 e. The predicted octanol–water partition coefficient (Wildman–Crippen LogP) is 16.7. The van der Waals surface area contributed by atoms with E-state index in [1.165, 1.54) is 49.3 Å². The highest BCUT2D eigenvalue weighted by molar-refractivity contribution is 6.29. The molecule has 12 rings (SSSR count). The normalized spacial score (nSPS) is 11.6. The molecule has 0 amide bonds. The molecule has 6 nitrogen and oxygen atoms in total. The second-order valence-electron chi connectivity index (χ2n) is 18.8. The molecule has 0 aliphatic carbocycles. The van der Waals surface area contributed by atoms with Crippen LogP contribution in [0.1, 0.15) is 31.9 Å². The molecule has 70 heavy (non-hydrogen) atoms. The first-order valence-electron chi connectivity index (χ1n) is 23.5. The van der Waals surface area contributed by atoms with Crippen molar-refractivity contribution in [1.29, 1.82) is 5.26 Å². The molecular formula is C64H44N6. The molecule has 0 aliphatic rings. The van der Waals surface area contributed by atoms with Crippen LogP contribution < -0.4 is 0 Å². The molecule has 0 bridgehead atoms. The molecule has 8 aromatic carbocycles. The van der Waals surface area contributed by atoms with E-state index in [0.717, 1.165) is 67.4 Å². The van der Waals surface area contributed by atoms with Gasteiger partial charge in [0.1, 0.15) is 0 Å². The van der Waals surface area contributed by atoms with Crippen molar-refractivity contribution in [2.24, 2.45) is 0 Å². The number of nitriles is 1. The first-order valence-corrected chi connectivity index (χ1v) is 23.5. The van der Waals surface area contributed by atoms with Crippen LogP contribution in [0.25, 0.3) is 116 Å². The maximum absolute atomic E-state index is 9.47. The molecule has 0 fully saturated rings. The zero-order valence-corrected chi connectivity index (χ0v) is 38.9. The zero-order chi connectivity index (χ0) is 47.5. The highest BCUT2D eigenvalue weighted by Gasteiger charge is 2.25. The topological polar surface area (TPSA) is 63.8 Å². The molecule has 0 saturated heterocycles. The van der Waals surface area contributed by atoms with E-state index in [1.54, 1.807) is 0 Å². The Morgan fingerprint density at radius 3 is 1.60 bits per heavy atom. The zero-order valence-electron chi connectivity index (χ0n) is 38.9. The van der Waals surface area contributed by atoms with Crippen LogP contribution in [0.15, 0.2) is 212 Å². The number of rotatable bonds is 7. The smallest absolute Gasteiger partial charge is 0.187 e. The summed E-state index contributed by atoms with van der Waals surface area (Å²) in [5, 5.41) is 14.3. The first kappa shape index (κ1) is 42.0. The number of benzene rings is 8. The number of hydrogen-bond acceptors (Lipinski definition) is 3. The molecule has 0 aliphatic heterocycles. The Hall–Kier alpha value is -9.36. The van der Waals surface area contributed by atoms with Crippen molar-refractivity contribution in [2.45, 2.75) is 26.2 Å². The minimum atomic E-state index is 0.0331. The molecule has 0 radical (unpaired) electrons. The Morgan fingerprint density at radius 1 is 0.457 bits per heavy atom. The number of fused-ring (bicyclic) bond motifs is 7. The highest BCUT2D eigenvalue weighted by atomic mass is 15.0. The van der Waals surface area contributed by atoms with Crippen LogP contribution in [0.4, 0.5) is 5.69 Å². The molecule has 0 N–H and O–H groups in total. The second kappa shape index (κ2) is 16.8. The minimum absolute atomic E-state index is 0.0331. The van der Waals surface area contributed by atoms with Gasteiger partial charge in [-0.15, -0.1) is 0 Å². The van der Waals surface area contributed by atoms with E-state index in [1.807, 2.05) is 54.6 Å². The summed E-state index contributed by atoms with van der Waals surface area (Å²) < 4.78 is 4.90. The number of pyridine rings is 2. The van der Waals surface area contributed by atoms with Crippen LogP contribution >= 0.6 is 0 Å². The van der Waals surface area contributed by atoms with Gasteiger partial charge in [-0.05, 0) is 107 Å². The lowest BCUT2D eigenvalue weighted by molar-refractivity contribution is 0.590. The van der Waals surface area contributed by atoms with Crippen molar-refractivity contribution in [3.05, 3.63) is 235 Å². The van der Waals surface area contributed by atoms with Crippen LogP contribution in [-0.4, -0.2) is 19.1 Å². The van der Waals surface area contributed by atoms with E-state index in [9.17, 15) is 5.26 Å². The van der Waals surface area contributed by atoms with Crippen molar-refractivity contribution < 1.29 is 0 Å². The summed E-state index contributed by atoms with van der Waals surface area (Å²) in [7, 11) is 0. The molecular weight excluding hydrogens is 853 g/mol. The summed E-state index contributed by atoms with van der Waals surface area (Å²) in [5.41, 5.74) is 18.5. The third kappa shape index (κ3) is 7.19. The number of nitrogens with zero attached hydrogens (tertiary/aromatic N) is 6. The van der Waals surface area contributed by atoms with Crippen molar-refractivity contribution in [1.82, 2.24) is 19.1 Å². The average molecular weight is 897 g/mol. The van der Waals surface area contributed by atoms with Gasteiger partial charge in [-0.3, -0.25) is 0 Å². The summed E-state index contributed by atoms with van der Waals surface area (Å²) in [5.74, 6) is 0. The quantitative estimate of drug-likeness (QED) is 0.150. The number of para-hydroxylation sites is 2. The molecule has 4 heterocycles. The average Bonchev–Trinajstić information content (AvgIpc) is 3.94. The standard InChI is InChI=1S/C64H44N6/c1-64(2,3)47-29-35-50(36-30-47)70-59-20-11-8-15-51(59)61-53(42-13-6-5-7-14-42)39-60-62(63(61)70)52-16-9-10-19-58(52)69(60)49-33-27-43(28-34-49)54-17-12-18-55(67-54)46-37-56(44-23-21-41(40-65)22-24-44)68-57(38-46)45-25-31-48(66-4)32-26-45/h5-39H,1-3H3. The molecule has 330 valence electrons. The van der Waals surface area contributed by atoms with E-state index < -0.39 is 0 Å². The van der Waals surface area contributed by atoms with Gasteiger partial charge in [0.2, 0.25) is 0 Å². The molecule has 0 spiro atoms. The molecule has 0 saturated carbocycles. The summed E-state index contributed by atoms with van der Waals surface area (Å²) in [6.07, 6.45) is 0. The molecule has 4 aromatic heterocycles. The Bertz CT molecular complexity index is 3990. The van der Waals surface area contributed by atoms with Gasteiger partial charge in [0.05, 0.1) is 63.0 Å². The fourth-order valence-corrected chi connectivity index (χ4v) is 10.0. The lowest BCUT2D eigenvalue weighted by Crippen LogP contribution is -2.10.